The largest absolute Gasteiger partial charge is 0.353 e. The van der Waals surface area contributed by atoms with Gasteiger partial charge in [0.25, 0.3) is 0 Å². The summed E-state index contributed by atoms with van der Waals surface area (Å²) in [6, 6.07) is 1.22. The number of hydrogen-bond donors (Lipinski definition) is 1. The highest BCUT2D eigenvalue weighted by molar-refractivity contribution is 5.31. The number of rotatable bonds is 5. The minimum Gasteiger partial charge on any atom is -0.353 e. The molecule has 0 aromatic carbocycles. The molecule has 1 heterocycles. The van der Waals surface area contributed by atoms with Gasteiger partial charge in [-0.2, -0.15) is 0 Å². The van der Waals surface area contributed by atoms with E-state index in [0.29, 0.717) is 12.1 Å². The second-order valence-electron chi connectivity index (χ2n) is 6.62. The molecule has 106 valence electrons. The number of hydrogen-bond acceptors (Lipinski definition) is 2. The molecule has 1 unspecified atom stereocenters. The van der Waals surface area contributed by atoms with E-state index in [9.17, 15) is 0 Å². The second kappa shape index (κ2) is 5.56. The summed E-state index contributed by atoms with van der Waals surface area (Å²) >= 11 is 0. The number of imidazole rings is 1. The molecule has 0 spiro atoms. The maximum atomic E-state index is 4.71. The van der Waals surface area contributed by atoms with E-state index in [-0.39, 0.29) is 0 Å². The summed E-state index contributed by atoms with van der Waals surface area (Å²) in [5, 5.41) is 3.70. The van der Waals surface area contributed by atoms with Crippen LogP contribution < -0.4 is 5.32 Å². The molecule has 2 aliphatic carbocycles. The number of nitrogens with zero attached hydrogens (tertiary/aromatic N) is 2. The van der Waals surface area contributed by atoms with E-state index in [1.165, 1.54) is 51.4 Å². The number of nitrogens with one attached hydrogen (secondary N) is 1. The first-order chi connectivity index (χ1) is 9.22. The molecule has 19 heavy (non-hydrogen) atoms. The van der Waals surface area contributed by atoms with E-state index >= 15 is 0 Å². The maximum absolute atomic E-state index is 4.71. The van der Waals surface area contributed by atoms with E-state index in [0.717, 1.165) is 17.6 Å². The van der Waals surface area contributed by atoms with Crippen LogP contribution in [0.15, 0.2) is 6.20 Å². The Morgan fingerprint density at radius 2 is 2.00 bits per heavy atom. The average molecular weight is 261 g/mol. The molecule has 0 radical (unpaired) electrons. The molecular formula is C16H27N3. The quantitative estimate of drug-likeness (QED) is 0.856. The normalized spacial score (nSPS) is 22.4. The lowest BCUT2D eigenvalue weighted by molar-refractivity contribution is 0.447. The fourth-order valence-electron chi connectivity index (χ4n) is 3.34. The van der Waals surface area contributed by atoms with Crippen molar-refractivity contribution in [3.63, 3.8) is 0 Å². The average Bonchev–Trinajstić information content (AvgIpc) is 3.13. The van der Waals surface area contributed by atoms with Crippen molar-refractivity contribution in [3.05, 3.63) is 11.9 Å². The van der Waals surface area contributed by atoms with Crippen LogP contribution in [-0.4, -0.2) is 15.6 Å². The molecule has 2 aliphatic rings. The minimum atomic E-state index is 0.583. The zero-order valence-corrected chi connectivity index (χ0v) is 12.4. The molecule has 1 atom stereocenters. The molecule has 1 aromatic heterocycles. The fraction of sp³-hybridized carbons (Fsp3) is 0.812. The zero-order valence-electron chi connectivity index (χ0n) is 12.4. The van der Waals surface area contributed by atoms with Gasteiger partial charge in [-0.3, -0.25) is 0 Å². The summed E-state index contributed by atoms with van der Waals surface area (Å²) in [4.78, 5) is 4.71. The van der Waals surface area contributed by atoms with Gasteiger partial charge >= 0.3 is 0 Å². The van der Waals surface area contributed by atoms with Crippen LogP contribution in [0.3, 0.4) is 0 Å². The molecule has 2 fully saturated rings. The van der Waals surface area contributed by atoms with Crippen LogP contribution in [0.25, 0.3) is 0 Å². The standard InChI is InChI=1S/C16H27N3/c1-12-11-19(13(2)10-14-8-9-14)16(17-12)18-15-6-4-3-5-7-15/h11,13-15H,3-10H2,1-2H3,(H,17,18). The highest BCUT2D eigenvalue weighted by atomic mass is 15.2. The summed E-state index contributed by atoms with van der Waals surface area (Å²) < 4.78 is 2.38. The molecule has 0 aliphatic heterocycles. The molecule has 3 rings (SSSR count). The number of anilines is 1. The molecule has 1 N–H and O–H groups in total. The van der Waals surface area contributed by atoms with Gasteiger partial charge in [0.1, 0.15) is 0 Å². The van der Waals surface area contributed by atoms with Gasteiger partial charge in [0.05, 0.1) is 5.69 Å². The molecule has 1 aromatic rings. The van der Waals surface area contributed by atoms with Gasteiger partial charge in [0.2, 0.25) is 5.95 Å². The minimum absolute atomic E-state index is 0.583. The summed E-state index contributed by atoms with van der Waals surface area (Å²) in [5.41, 5.74) is 1.14. The van der Waals surface area contributed by atoms with E-state index in [1.54, 1.807) is 0 Å². The van der Waals surface area contributed by atoms with Crippen molar-refractivity contribution in [2.75, 3.05) is 5.32 Å². The van der Waals surface area contributed by atoms with E-state index in [2.05, 4.69) is 29.9 Å². The number of aryl methyl sites for hydroxylation is 1. The van der Waals surface area contributed by atoms with Crippen LogP contribution in [-0.2, 0) is 0 Å². The van der Waals surface area contributed by atoms with Crippen LogP contribution in [0, 0.1) is 12.8 Å². The molecular weight excluding hydrogens is 234 g/mol. The second-order valence-corrected chi connectivity index (χ2v) is 6.62. The first kappa shape index (κ1) is 13.0. The molecule has 0 saturated heterocycles. The first-order valence-electron chi connectivity index (χ1n) is 8.04. The third-order valence-corrected chi connectivity index (χ3v) is 4.64. The van der Waals surface area contributed by atoms with Crippen molar-refractivity contribution < 1.29 is 0 Å². The summed E-state index contributed by atoms with van der Waals surface area (Å²) in [5.74, 6) is 2.08. The highest BCUT2D eigenvalue weighted by Crippen LogP contribution is 2.37. The smallest absolute Gasteiger partial charge is 0.203 e. The van der Waals surface area contributed by atoms with Crippen molar-refractivity contribution in [3.8, 4) is 0 Å². The fourth-order valence-corrected chi connectivity index (χ4v) is 3.34. The first-order valence-corrected chi connectivity index (χ1v) is 8.04. The van der Waals surface area contributed by atoms with Gasteiger partial charge in [-0.1, -0.05) is 32.1 Å². The Labute approximate surface area is 116 Å². The van der Waals surface area contributed by atoms with Crippen LogP contribution in [0.2, 0.25) is 0 Å². The van der Waals surface area contributed by atoms with Crippen LogP contribution >= 0.6 is 0 Å². The molecule has 0 bridgehead atoms. The molecule has 2 saturated carbocycles. The number of aromatic nitrogens is 2. The van der Waals surface area contributed by atoms with Crippen molar-refractivity contribution in [1.29, 1.82) is 0 Å². The Hall–Kier alpha value is -0.990. The lowest BCUT2D eigenvalue weighted by atomic mass is 9.96. The van der Waals surface area contributed by atoms with Crippen LogP contribution in [0.4, 0.5) is 5.95 Å². The highest BCUT2D eigenvalue weighted by Gasteiger charge is 2.25. The monoisotopic (exact) mass is 261 g/mol. The van der Waals surface area contributed by atoms with Crippen molar-refractivity contribution in [2.45, 2.75) is 77.3 Å². The summed E-state index contributed by atoms with van der Waals surface area (Å²) in [7, 11) is 0. The molecule has 3 nitrogen and oxygen atoms in total. The van der Waals surface area contributed by atoms with Gasteiger partial charge in [0.15, 0.2) is 0 Å². The van der Waals surface area contributed by atoms with Crippen LogP contribution in [0.1, 0.15) is 70.0 Å². The predicted octanol–water partition coefficient (Wildman–Crippen LogP) is 4.30. The van der Waals surface area contributed by atoms with Gasteiger partial charge < -0.3 is 9.88 Å². The third-order valence-electron chi connectivity index (χ3n) is 4.64. The van der Waals surface area contributed by atoms with E-state index in [1.807, 2.05) is 0 Å². The van der Waals surface area contributed by atoms with Gasteiger partial charge in [0, 0.05) is 18.3 Å². The van der Waals surface area contributed by atoms with Crippen LogP contribution in [0.5, 0.6) is 0 Å². The van der Waals surface area contributed by atoms with Crippen molar-refractivity contribution in [2.24, 2.45) is 5.92 Å². The third kappa shape index (κ3) is 3.31. The molecule has 3 heteroatoms. The predicted molar refractivity (Wildman–Crippen MR) is 79.5 cm³/mol. The summed E-state index contributed by atoms with van der Waals surface area (Å²) in [6.07, 6.45) is 13.2. The lowest BCUT2D eigenvalue weighted by Gasteiger charge is -2.25. The van der Waals surface area contributed by atoms with E-state index < -0.39 is 0 Å². The van der Waals surface area contributed by atoms with Gasteiger partial charge in [-0.15, -0.1) is 0 Å². The van der Waals surface area contributed by atoms with E-state index in [4.69, 9.17) is 4.98 Å². The van der Waals surface area contributed by atoms with Crippen molar-refractivity contribution >= 4 is 5.95 Å². The van der Waals surface area contributed by atoms with Gasteiger partial charge in [-0.25, -0.2) is 4.98 Å². The molecule has 0 amide bonds. The Morgan fingerprint density at radius 1 is 1.26 bits per heavy atom. The van der Waals surface area contributed by atoms with Gasteiger partial charge in [-0.05, 0) is 39.0 Å². The Bertz CT molecular complexity index is 414. The zero-order chi connectivity index (χ0) is 13.2. The lowest BCUT2D eigenvalue weighted by Crippen LogP contribution is -2.25. The topological polar surface area (TPSA) is 29.9 Å². The Balaban J connectivity index is 1.68. The van der Waals surface area contributed by atoms with Crippen molar-refractivity contribution in [1.82, 2.24) is 9.55 Å². The summed E-state index contributed by atoms with van der Waals surface area (Å²) in [6.45, 7) is 4.44. The Morgan fingerprint density at radius 3 is 2.68 bits per heavy atom. The SMILES string of the molecule is Cc1cn(C(C)CC2CC2)c(NC2CCCCC2)n1. The Kier molecular flexibility index (Phi) is 3.81. The maximum Gasteiger partial charge on any atom is 0.203 e.